The Bertz CT molecular complexity index is 396. The molecule has 1 unspecified atom stereocenters. The van der Waals surface area contributed by atoms with Gasteiger partial charge in [-0.05, 0) is 32.6 Å². The van der Waals surface area contributed by atoms with E-state index < -0.39 is 0 Å². The van der Waals surface area contributed by atoms with Crippen LogP contribution in [0.3, 0.4) is 0 Å². The minimum absolute atomic E-state index is 0.216. The number of hydrogen-bond acceptors (Lipinski definition) is 6. The summed E-state index contributed by atoms with van der Waals surface area (Å²) in [5.74, 6) is 7.03. The van der Waals surface area contributed by atoms with E-state index in [0.717, 1.165) is 37.2 Å². The predicted molar refractivity (Wildman–Crippen MR) is 71.3 cm³/mol. The fourth-order valence-electron chi connectivity index (χ4n) is 2.60. The summed E-state index contributed by atoms with van der Waals surface area (Å²) in [5.41, 5.74) is 3.56. The highest BCUT2D eigenvalue weighted by Crippen LogP contribution is 2.29. The Morgan fingerprint density at radius 3 is 3.06 bits per heavy atom. The average molecular weight is 251 g/mol. The normalized spacial score (nSPS) is 19.9. The van der Waals surface area contributed by atoms with E-state index in [1.807, 2.05) is 6.92 Å². The van der Waals surface area contributed by atoms with Gasteiger partial charge in [-0.25, -0.2) is 15.8 Å². The van der Waals surface area contributed by atoms with Crippen LogP contribution in [0.1, 0.15) is 31.2 Å². The third-order valence-electron chi connectivity index (χ3n) is 3.56. The van der Waals surface area contributed by atoms with Crippen LogP contribution in [0.5, 0.6) is 0 Å². The molecule has 0 aliphatic carbocycles. The van der Waals surface area contributed by atoms with E-state index in [9.17, 15) is 0 Å². The first-order chi connectivity index (χ1) is 8.77. The summed E-state index contributed by atoms with van der Waals surface area (Å²) in [7, 11) is 0. The first-order valence-electron chi connectivity index (χ1n) is 6.43. The highest BCUT2D eigenvalue weighted by Gasteiger charge is 2.25. The number of hydrogen-bond donors (Lipinski definition) is 3. The van der Waals surface area contributed by atoms with Gasteiger partial charge in [-0.1, -0.05) is 0 Å². The smallest absolute Gasteiger partial charge is 0.148 e. The number of nitrogens with zero attached hydrogens (tertiary/aromatic N) is 3. The number of nitrogens with one attached hydrogen (secondary N) is 1. The van der Waals surface area contributed by atoms with Crippen LogP contribution in [-0.2, 0) is 0 Å². The van der Waals surface area contributed by atoms with Crippen molar-refractivity contribution in [2.24, 2.45) is 5.84 Å². The van der Waals surface area contributed by atoms with Gasteiger partial charge in [0.25, 0.3) is 0 Å². The van der Waals surface area contributed by atoms with Gasteiger partial charge in [0.15, 0.2) is 0 Å². The molecule has 18 heavy (non-hydrogen) atoms. The summed E-state index contributed by atoms with van der Waals surface area (Å²) in [6, 6.07) is 0.364. The van der Waals surface area contributed by atoms with E-state index in [0.29, 0.717) is 11.9 Å². The molecular formula is C12H21N5O. The minimum Gasteiger partial charge on any atom is -0.396 e. The lowest BCUT2D eigenvalue weighted by Crippen LogP contribution is -2.41. The van der Waals surface area contributed by atoms with Crippen molar-refractivity contribution >= 4 is 11.6 Å². The molecule has 1 aliphatic heterocycles. The van der Waals surface area contributed by atoms with E-state index in [4.69, 9.17) is 10.9 Å². The van der Waals surface area contributed by atoms with Crippen LogP contribution in [0, 0.1) is 6.92 Å². The molecule has 0 bridgehead atoms. The number of aliphatic hydroxyl groups is 1. The Morgan fingerprint density at radius 2 is 2.33 bits per heavy atom. The highest BCUT2D eigenvalue weighted by atomic mass is 16.3. The molecule has 100 valence electrons. The number of anilines is 2. The molecule has 6 heteroatoms. The Labute approximate surface area is 107 Å². The molecule has 1 aromatic rings. The molecule has 2 heterocycles. The monoisotopic (exact) mass is 251 g/mol. The van der Waals surface area contributed by atoms with Crippen molar-refractivity contribution in [3.05, 3.63) is 11.9 Å². The highest BCUT2D eigenvalue weighted by molar-refractivity contribution is 5.58. The van der Waals surface area contributed by atoms with Gasteiger partial charge in [0.2, 0.25) is 0 Å². The van der Waals surface area contributed by atoms with Gasteiger partial charge in [-0.3, -0.25) is 0 Å². The molecule has 0 spiro atoms. The van der Waals surface area contributed by atoms with Crippen molar-refractivity contribution in [3.8, 4) is 0 Å². The van der Waals surface area contributed by atoms with E-state index in [-0.39, 0.29) is 6.61 Å². The quantitative estimate of drug-likeness (QED) is 0.542. The van der Waals surface area contributed by atoms with Gasteiger partial charge in [0.1, 0.15) is 18.0 Å². The second kappa shape index (κ2) is 5.97. The molecule has 0 amide bonds. The fourth-order valence-corrected chi connectivity index (χ4v) is 2.60. The number of rotatable bonds is 4. The van der Waals surface area contributed by atoms with Crippen LogP contribution in [0.4, 0.5) is 11.6 Å². The first kappa shape index (κ1) is 13.0. The Balaban J connectivity index is 2.27. The van der Waals surface area contributed by atoms with Gasteiger partial charge in [-0.2, -0.15) is 0 Å². The van der Waals surface area contributed by atoms with Crippen LogP contribution in [0.15, 0.2) is 6.33 Å². The van der Waals surface area contributed by atoms with Crippen molar-refractivity contribution in [1.82, 2.24) is 9.97 Å². The number of nitrogen functional groups attached to an aromatic ring is 1. The van der Waals surface area contributed by atoms with E-state index in [2.05, 4.69) is 20.3 Å². The minimum atomic E-state index is 0.216. The molecule has 1 fully saturated rings. The Hall–Kier alpha value is -1.40. The largest absolute Gasteiger partial charge is 0.396 e. The molecule has 1 aromatic heterocycles. The number of aromatic nitrogens is 2. The van der Waals surface area contributed by atoms with Gasteiger partial charge in [0, 0.05) is 24.8 Å². The van der Waals surface area contributed by atoms with Crippen molar-refractivity contribution in [3.63, 3.8) is 0 Å². The SMILES string of the molecule is Cc1c(NN)ncnc1N1CCCCC1CCO. The zero-order valence-corrected chi connectivity index (χ0v) is 10.8. The first-order valence-corrected chi connectivity index (χ1v) is 6.43. The molecule has 1 atom stereocenters. The molecule has 0 aromatic carbocycles. The maximum absolute atomic E-state index is 9.16. The molecule has 6 nitrogen and oxygen atoms in total. The van der Waals surface area contributed by atoms with Crippen molar-refractivity contribution < 1.29 is 5.11 Å². The van der Waals surface area contributed by atoms with Crippen LogP contribution in [-0.4, -0.2) is 34.3 Å². The lowest BCUT2D eigenvalue weighted by Gasteiger charge is -2.37. The van der Waals surface area contributed by atoms with Gasteiger partial charge in [-0.15, -0.1) is 0 Å². The number of hydrazine groups is 1. The number of nitrogens with two attached hydrogens (primary N) is 1. The summed E-state index contributed by atoms with van der Waals surface area (Å²) >= 11 is 0. The van der Waals surface area contributed by atoms with Crippen LogP contribution < -0.4 is 16.2 Å². The second-order valence-electron chi connectivity index (χ2n) is 4.67. The van der Waals surface area contributed by atoms with Crippen molar-refractivity contribution in [1.29, 1.82) is 0 Å². The summed E-state index contributed by atoms with van der Waals surface area (Å²) in [5, 5.41) is 9.16. The van der Waals surface area contributed by atoms with Gasteiger partial charge in [0.05, 0.1) is 0 Å². The van der Waals surface area contributed by atoms with Crippen LogP contribution in [0.2, 0.25) is 0 Å². The lowest BCUT2D eigenvalue weighted by molar-refractivity contribution is 0.262. The van der Waals surface area contributed by atoms with Crippen molar-refractivity contribution in [2.45, 2.75) is 38.6 Å². The average Bonchev–Trinajstić information content (AvgIpc) is 2.40. The molecule has 1 saturated heterocycles. The van der Waals surface area contributed by atoms with E-state index in [1.165, 1.54) is 12.7 Å². The molecule has 4 N–H and O–H groups in total. The van der Waals surface area contributed by atoms with Gasteiger partial charge >= 0.3 is 0 Å². The summed E-state index contributed by atoms with van der Waals surface area (Å²) in [6.07, 6.45) is 5.80. The van der Waals surface area contributed by atoms with Crippen LogP contribution >= 0.6 is 0 Å². The third-order valence-corrected chi connectivity index (χ3v) is 3.56. The summed E-state index contributed by atoms with van der Waals surface area (Å²) < 4.78 is 0. The summed E-state index contributed by atoms with van der Waals surface area (Å²) in [6.45, 7) is 3.16. The maximum Gasteiger partial charge on any atom is 0.148 e. The lowest BCUT2D eigenvalue weighted by atomic mass is 9.99. The molecule has 1 aliphatic rings. The van der Waals surface area contributed by atoms with E-state index in [1.54, 1.807) is 0 Å². The van der Waals surface area contributed by atoms with Crippen LogP contribution in [0.25, 0.3) is 0 Å². The zero-order chi connectivity index (χ0) is 13.0. The standard InChI is InChI=1S/C12H21N5O/c1-9-11(16-13)14-8-15-12(9)17-6-3-2-4-10(17)5-7-18/h8,10,18H,2-7,13H2,1H3,(H,14,15,16). The van der Waals surface area contributed by atoms with E-state index >= 15 is 0 Å². The fraction of sp³-hybridized carbons (Fsp3) is 0.667. The number of aliphatic hydroxyl groups excluding tert-OH is 1. The maximum atomic E-state index is 9.16. The molecule has 2 rings (SSSR count). The molecule has 0 saturated carbocycles. The number of piperidine rings is 1. The Kier molecular flexibility index (Phi) is 4.33. The zero-order valence-electron chi connectivity index (χ0n) is 10.8. The topological polar surface area (TPSA) is 87.3 Å². The predicted octanol–water partition coefficient (Wildman–Crippen LogP) is 0.812. The third kappa shape index (κ3) is 2.54. The molecule has 0 radical (unpaired) electrons. The Morgan fingerprint density at radius 1 is 1.50 bits per heavy atom. The molecular weight excluding hydrogens is 230 g/mol. The second-order valence-corrected chi connectivity index (χ2v) is 4.67. The summed E-state index contributed by atoms with van der Waals surface area (Å²) in [4.78, 5) is 10.8. The van der Waals surface area contributed by atoms with Crippen molar-refractivity contribution in [2.75, 3.05) is 23.5 Å². The van der Waals surface area contributed by atoms with Gasteiger partial charge < -0.3 is 15.4 Å².